The van der Waals surface area contributed by atoms with Crippen molar-refractivity contribution in [3.63, 3.8) is 0 Å². The van der Waals surface area contributed by atoms with Gasteiger partial charge < -0.3 is 14.7 Å². The molecule has 1 atom stereocenters. The van der Waals surface area contributed by atoms with E-state index in [2.05, 4.69) is 4.98 Å². The molecule has 1 amide bonds. The molecule has 1 unspecified atom stereocenters. The van der Waals surface area contributed by atoms with Gasteiger partial charge in [0.05, 0.1) is 13.2 Å². The molecule has 0 aliphatic carbocycles. The molecule has 1 N–H and O–H groups in total. The quantitative estimate of drug-likeness (QED) is 0.909. The number of hydrogen-bond donors (Lipinski definition) is 1. The van der Waals surface area contributed by atoms with Crippen molar-refractivity contribution < 1.29 is 14.6 Å². The number of aliphatic hydroxyl groups is 1. The van der Waals surface area contributed by atoms with Crippen molar-refractivity contribution >= 4 is 5.91 Å². The van der Waals surface area contributed by atoms with Crippen LogP contribution in [0.2, 0.25) is 0 Å². The molecule has 0 bridgehead atoms. The molecule has 1 aromatic heterocycles. The molecule has 1 aliphatic heterocycles. The summed E-state index contributed by atoms with van der Waals surface area (Å²) in [5, 5.41) is 10.5. The zero-order valence-electron chi connectivity index (χ0n) is 14.5. The maximum atomic E-state index is 12.6. The first-order chi connectivity index (χ1) is 12.2. The number of aromatic nitrogens is 1. The minimum atomic E-state index is -0.366. The molecule has 5 nitrogen and oxygen atoms in total. The van der Waals surface area contributed by atoms with Crippen LogP contribution in [0, 0.1) is 5.92 Å². The van der Waals surface area contributed by atoms with Crippen molar-refractivity contribution in [2.75, 3.05) is 20.2 Å². The summed E-state index contributed by atoms with van der Waals surface area (Å²) in [5.74, 6) is 0.781. The van der Waals surface area contributed by atoms with Crippen LogP contribution in [0.25, 0.3) is 0 Å². The molecule has 3 rings (SSSR count). The summed E-state index contributed by atoms with van der Waals surface area (Å²) in [5.41, 5.74) is 1.55. The molecule has 1 fully saturated rings. The van der Waals surface area contributed by atoms with Crippen molar-refractivity contribution in [2.45, 2.75) is 25.4 Å². The molecule has 5 heteroatoms. The molecule has 0 radical (unpaired) electrons. The fraction of sp³-hybridized carbons (Fsp3) is 0.400. The van der Waals surface area contributed by atoms with E-state index in [1.54, 1.807) is 25.4 Å². The van der Waals surface area contributed by atoms with Crippen LogP contribution in [-0.4, -0.2) is 47.2 Å². The topological polar surface area (TPSA) is 62.7 Å². The highest BCUT2D eigenvalue weighted by atomic mass is 16.5. The molecular formula is C20H24N2O3. The van der Waals surface area contributed by atoms with Crippen LogP contribution in [0.5, 0.6) is 5.75 Å². The lowest BCUT2D eigenvalue weighted by Crippen LogP contribution is -2.42. The second-order valence-electron chi connectivity index (χ2n) is 6.47. The number of amides is 1. The molecule has 1 saturated heterocycles. The van der Waals surface area contributed by atoms with Gasteiger partial charge in [0.2, 0.25) is 0 Å². The first kappa shape index (κ1) is 17.4. The number of piperidine rings is 1. The standard InChI is InChI=1S/C20H24N2O3/c1-25-17-7-10-21-18(14-17)20(24)22-11-8-16(9-12-22)19(23)13-15-5-3-2-4-6-15/h2-7,10,14,16,19,23H,8-9,11-13H2,1H3. The fourth-order valence-electron chi connectivity index (χ4n) is 3.33. The van der Waals surface area contributed by atoms with Crippen molar-refractivity contribution in [3.05, 3.63) is 59.9 Å². The summed E-state index contributed by atoms with van der Waals surface area (Å²) in [4.78, 5) is 18.5. The van der Waals surface area contributed by atoms with Crippen LogP contribution in [-0.2, 0) is 6.42 Å². The van der Waals surface area contributed by atoms with Gasteiger partial charge in [-0.05, 0) is 36.8 Å². The van der Waals surface area contributed by atoms with Gasteiger partial charge in [-0.2, -0.15) is 0 Å². The summed E-state index contributed by atoms with van der Waals surface area (Å²) >= 11 is 0. The van der Waals surface area contributed by atoms with Gasteiger partial charge in [0.1, 0.15) is 11.4 Å². The van der Waals surface area contributed by atoms with Gasteiger partial charge in [-0.15, -0.1) is 0 Å². The number of rotatable bonds is 5. The lowest BCUT2D eigenvalue weighted by molar-refractivity contribution is 0.0463. The van der Waals surface area contributed by atoms with Gasteiger partial charge in [0.15, 0.2) is 0 Å². The number of aliphatic hydroxyl groups excluding tert-OH is 1. The Hall–Kier alpha value is -2.40. The molecular weight excluding hydrogens is 316 g/mol. The SMILES string of the molecule is COc1ccnc(C(=O)N2CCC(C(O)Cc3ccccc3)CC2)c1. The summed E-state index contributed by atoms with van der Waals surface area (Å²) in [6.45, 7) is 1.29. The Balaban J connectivity index is 1.55. The number of hydrogen-bond acceptors (Lipinski definition) is 4. The Morgan fingerprint density at radius 1 is 1.28 bits per heavy atom. The van der Waals surface area contributed by atoms with E-state index >= 15 is 0 Å². The Kier molecular flexibility index (Phi) is 5.66. The second kappa shape index (κ2) is 8.12. The maximum Gasteiger partial charge on any atom is 0.272 e. The van der Waals surface area contributed by atoms with Gasteiger partial charge in [0, 0.05) is 25.4 Å². The highest BCUT2D eigenvalue weighted by molar-refractivity contribution is 5.92. The highest BCUT2D eigenvalue weighted by Gasteiger charge is 2.28. The van der Waals surface area contributed by atoms with Crippen LogP contribution in [0.4, 0.5) is 0 Å². The second-order valence-corrected chi connectivity index (χ2v) is 6.47. The largest absolute Gasteiger partial charge is 0.497 e. The summed E-state index contributed by atoms with van der Waals surface area (Å²) in [6, 6.07) is 13.4. The average Bonchev–Trinajstić information content (AvgIpc) is 2.68. The number of nitrogens with zero attached hydrogens (tertiary/aromatic N) is 2. The Bertz CT molecular complexity index is 697. The van der Waals surface area contributed by atoms with Crippen molar-refractivity contribution in [1.82, 2.24) is 9.88 Å². The first-order valence-electron chi connectivity index (χ1n) is 8.68. The Morgan fingerprint density at radius 3 is 2.68 bits per heavy atom. The van der Waals surface area contributed by atoms with Gasteiger partial charge in [-0.25, -0.2) is 0 Å². The highest BCUT2D eigenvalue weighted by Crippen LogP contribution is 2.24. The van der Waals surface area contributed by atoms with Gasteiger partial charge in [-0.1, -0.05) is 30.3 Å². The van der Waals surface area contributed by atoms with Crippen LogP contribution in [0.3, 0.4) is 0 Å². The Morgan fingerprint density at radius 2 is 2.00 bits per heavy atom. The van der Waals surface area contributed by atoms with Crippen molar-refractivity contribution in [3.8, 4) is 5.75 Å². The zero-order valence-corrected chi connectivity index (χ0v) is 14.5. The fourth-order valence-corrected chi connectivity index (χ4v) is 3.33. The number of carbonyl (C=O) groups excluding carboxylic acids is 1. The van der Waals surface area contributed by atoms with Crippen LogP contribution < -0.4 is 4.74 Å². The van der Waals surface area contributed by atoms with E-state index in [-0.39, 0.29) is 17.9 Å². The van der Waals surface area contributed by atoms with Gasteiger partial charge in [-0.3, -0.25) is 9.78 Å². The van der Waals surface area contributed by atoms with E-state index in [0.717, 1.165) is 18.4 Å². The molecule has 1 aromatic carbocycles. The average molecular weight is 340 g/mol. The van der Waals surface area contributed by atoms with Crippen molar-refractivity contribution in [1.29, 1.82) is 0 Å². The number of pyridine rings is 1. The van der Waals surface area contributed by atoms with Crippen LogP contribution in [0.1, 0.15) is 28.9 Å². The minimum Gasteiger partial charge on any atom is -0.497 e. The first-order valence-corrected chi connectivity index (χ1v) is 8.68. The lowest BCUT2D eigenvalue weighted by atomic mass is 9.88. The predicted molar refractivity (Wildman–Crippen MR) is 95.6 cm³/mol. The van der Waals surface area contributed by atoms with E-state index in [1.807, 2.05) is 35.2 Å². The molecule has 2 aromatic rings. The van der Waals surface area contributed by atoms with E-state index in [4.69, 9.17) is 4.74 Å². The molecule has 132 valence electrons. The predicted octanol–water partition coefficient (Wildman–Crippen LogP) is 2.55. The maximum absolute atomic E-state index is 12.6. The van der Waals surface area contributed by atoms with Gasteiger partial charge in [0.25, 0.3) is 5.91 Å². The zero-order chi connectivity index (χ0) is 17.6. The monoisotopic (exact) mass is 340 g/mol. The number of likely N-dealkylation sites (tertiary alicyclic amines) is 1. The Labute approximate surface area is 148 Å². The van der Waals surface area contributed by atoms with E-state index in [1.165, 1.54) is 0 Å². The van der Waals surface area contributed by atoms with E-state index in [0.29, 0.717) is 31.0 Å². The lowest BCUT2D eigenvalue weighted by Gasteiger charge is -2.34. The summed E-state index contributed by atoms with van der Waals surface area (Å²) < 4.78 is 5.15. The number of ether oxygens (including phenoxy) is 1. The number of carbonyl (C=O) groups is 1. The van der Waals surface area contributed by atoms with Crippen molar-refractivity contribution in [2.24, 2.45) is 5.92 Å². The van der Waals surface area contributed by atoms with Crippen LogP contribution >= 0.6 is 0 Å². The normalized spacial score (nSPS) is 16.5. The van der Waals surface area contributed by atoms with Crippen LogP contribution in [0.15, 0.2) is 48.7 Å². The summed E-state index contributed by atoms with van der Waals surface area (Å²) in [7, 11) is 1.57. The van der Waals surface area contributed by atoms with E-state index in [9.17, 15) is 9.90 Å². The molecule has 0 spiro atoms. The number of benzene rings is 1. The van der Waals surface area contributed by atoms with Gasteiger partial charge >= 0.3 is 0 Å². The minimum absolute atomic E-state index is 0.0742. The molecule has 25 heavy (non-hydrogen) atoms. The third-order valence-corrected chi connectivity index (χ3v) is 4.84. The third kappa shape index (κ3) is 4.37. The summed E-state index contributed by atoms with van der Waals surface area (Å²) in [6.07, 6.45) is 3.50. The number of methoxy groups -OCH3 is 1. The molecule has 2 heterocycles. The molecule has 0 saturated carbocycles. The third-order valence-electron chi connectivity index (χ3n) is 4.84. The molecule has 1 aliphatic rings. The van der Waals surface area contributed by atoms with E-state index < -0.39 is 0 Å². The smallest absolute Gasteiger partial charge is 0.272 e.